The Morgan fingerprint density at radius 3 is 2.20 bits per heavy atom. The van der Waals surface area contributed by atoms with Gasteiger partial charge in [0, 0.05) is 11.6 Å². The summed E-state index contributed by atoms with van der Waals surface area (Å²) in [7, 11) is 0. The van der Waals surface area contributed by atoms with Crippen LogP contribution in [0.2, 0.25) is 0 Å². The topological polar surface area (TPSA) is 21.6 Å². The van der Waals surface area contributed by atoms with Crippen molar-refractivity contribution >= 4 is 6.21 Å². The lowest BCUT2D eigenvalue weighted by atomic mass is 9.50. The smallest absolute Gasteiger partial charge is 0.142 e. The second-order valence-electron chi connectivity index (χ2n) is 7.27. The summed E-state index contributed by atoms with van der Waals surface area (Å²) in [6.45, 7) is 0.587. The molecule has 0 heterocycles. The summed E-state index contributed by atoms with van der Waals surface area (Å²) in [5.41, 5.74) is 1.57. The molecular weight excluding hydrogens is 246 g/mol. The van der Waals surface area contributed by atoms with E-state index in [0.717, 1.165) is 17.8 Å². The molecule has 0 aromatic heterocycles. The molecule has 0 radical (unpaired) electrons. The summed E-state index contributed by atoms with van der Waals surface area (Å²) in [4.78, 5) is 5.53. The van der Waals surface area contributed by atoms with Gasteiger partial charge in [0.15, 0.2) is 0 Å². The highest BCUT2D eigenvalue weighted by Crippen LogP contribution is 2.59. The lowest BCUT2D eigenvalue weighted by molar-refractivity contribution is -0.0120. The van der Waals surface area contributed by atoms with Crippen molar-refractivity contribution in [3.8, 4) is 0 Å². The second-order valence-corrected chi connectivity index (χ2v) is 7.27. The van der Waals surface area contributed by atoms with Crippen molar-refractivity contribution in [2.75, 3.05) is 0 Å². The van der Waals surface area contributed by atoms with Crippen molar-refractivity contribution in [1.29, 1.82) is 0 Å². The summed E-state index contributed by atoms with van der Waals surface area (Å²) >= 11 is 0. The molecule has 1 aromatic rings. The first kappa shape index (κ1) is 12.4. The summed E-state index contributed by atoms with van der Waals surface area (Å²) in [5, 5.41) is 4.33. The van der Waals surface area contributed by atoms with E-state index in [1.165, 1.54) is 44.1 Å². The van der Waals surface area contributed by atoms with Crippen LogP contribution in [0, 0.1) is 23.2 Å². The van der Waals surface area contributed by atoms with Gasteiger partial charge in [0.1, 0.15) is 6.61 Å². The molecule has 0 unspecified atom stereocenters. The van der Waals surface area contributed by atoms with Gasteiger partial charge in [-0.15, -0.1) is 0 Å². The molecule has 2 nitrogen and oxygen atoms in total. The van der Waals surface area contributed by atoms with Gasteiger partial charge in [0.05, 0.1) is 0 Å². The number of hydrogen-bond acceptors (Lipinski definition) is 2. The van der Waals surface area contributed by atoms with E-state index in [0.29, 0.717) is 12.0 Å². The maximum atomic E-state index is 5.53. The number of nitrogens with zero attached hydrogens (tertiary/aromatic N) is 1. The normalized spacial score (nSPS) is 38.5. The number of benzene rings is 1. The number of hydrogen-bond donors (Lipinski definition) is 0. The molecule has 4 saturated carbocycles. The van der Waals surface area contributed by atoms with Crippen LogP contribution in [0.3, 0.4) is 0 Å². The number of oxime groups is 1. The van der Waals surface area contributed by atoms with Crippen LogP contribution in [0.25, 0.3) is 0 Å². The van der Waals surface area contributed by atoms with Gasteiger partial charge < -0.3 is 4.84 Å². The van der Waals surface area contributed by atoms with E-state index in [9.17, 15) is 0 Å². The fourth-order valence-corrected chi connectivity index (χ4v) is 5.17. The summed E-state index contributed by atoms with van der Waals surface area (Å²) in [6.07, 6.45) is 10.7. The molecule has 106 valence electrons. The van der Waals surface area contributed by atoms with Gasteiger partial charge >= 0.3 is 0 Å². The van der Waals surface area contributed by atoms with E-state index in [4.69, 9.17) is 4.84 Å². The molecule has 5 rings (SSSR count). The molecule has 0 N–H and O–H groups in total. The summed E-state index contributed by atoms with van der Waals surface area (Å²) in [6, 6.07) is 10.3. The maximum Gasteiger partial charge on any atom is 0.142 e. The molecule has 4 fully saturated rings. The van der Waals surface area contributed by atoms with Gasteiger partial charge in [-0.25, -0.2) is 0 Å². The Balaban J connectivity index is 1.38. The van der Waals surface area contributed by atoms with Crippen LogP contribution in [0.15, 0.2) is 35.5 Å². The molecular formula is C18H23NO. The van der Waals surface area contributed by atoms with Crippen LogP contribution in [-0.4, -0.2) is 6.21 Å². The van der Waals surface area contributed by atoms with Crippen LogP contribution < -0.4 is 0 Å². The minimum atomic E-state index is 0.380. The zero-order chi connectivity index (χ0) is 13.4. The van der Waals surface area contributed by atoms with Crippen molar-refractivity contribution < 1.29 is 4.84 Å². The zero-order valence-electron chi connectivity index (χ0n) is 12.0. The van der Waals surface area contributed by atoms with Crippen molar-refractivity contribution in [2.24, 2.45) is 28.3 Å². The predicted octanol–water partition coefficient (Wildman–Crippen LogP) is 4.41. The standard InChI is InChI=1S/C18H23NO/c1-2-4-14(5-3-1)12-20-19-13-18-9-15-6-16(10-18)8-17(7-15)11-18/h1-5,13,15-17H,6-12H2/b19-13+. The van der Waals surface area contributed by atoms with Gasteiger partial charge in [-0.1, -0.05) is 35.5 Å². The minimum Gasteiger partial charge on any atom is -0.391 e. The van der Waals surface area contributed by atoms with Crippen LogP contribution in [0.4, 0.5) is 0 Å². The van der Waals surface area contributed by atoms with Crippen molar-refractivity contribution in [2.45, 2.75) is 45.1 Å². The van der Waals surface area contributed by atoms with Gasteiger partial charge in [0.2, 0.25) is 0 Å². The Labute approximate surface area is 121 Å². The van der Waals surface area contributed by atoms with Crippen molar-refractivity contribution in [3.05, 3.63) is 35.9 Å². The first-order valence-electron chi connectivity index (χ1n) is 8.02. The first-order valence-corrected chi connectivity index (χ1v) is 8.02. The largest absolute Gasteiger partial charge is 0.391 e. The Morgan fingerprint density at radius 2 is 1.60 bits per heavy atom. The molecule has 1 aromatic carbocycles. The average molecular weight is 269 g/mol. The van der Waals surface area contributed by atoms with Crippen LogP contribution in [0.1, 0.15) is 44.1 Å². The van der Waals surface area contributed by atoms with Gasteiger partial charge in [0.25, 0.3) is 0 Å². The van der Waals surface area contributed by atoms with Gasteiger partial charge in [-0.05, 0) is 61.8 Å². The highest BCUT2D eigenvalue weighted by atomic mass is 16.6. The zero-order valence-corrected chi connectivity index (χ0v) is 12.0. The molecule has 0 spiro atoms. The Morgan fingerprint density at radius 1 is 1.00 bits per heavy atom. The molecule has 0 amide bonds. The minimum absolute atomic E-state index is 0.380. The van der Waals surface area contributed by atoms with Gasteiger partial charge in [-0.3, -0.25) is 0 Å². The molecule has 0 saturated heterocycles. The Bertz CT molecular complexity index is 458. The quantitative estimate of drug-likeness (QED) is 0.586. The van der Waals surface area contributed by atoms with Crippen molar-refractivity contribution in [1.82, 2.24) is 0 Å². The molecule has 4 aliphatic carbocycles. The highest BCUT2D eigenvalue weighted by molar-refractivity contribution is 5.66. The second kappa shape index (κ2) is 4.91. The fraction of sp³-hybridized carbons (Fsp3) is 0.611. The van der Waals surface area contributed by atoms with Crippen molar-refractivity contribution in [3.63, 3.8) is 0 Å². The highest BCUT2D eigenvalue weighted by Gasteiger charge is 2.50. The summed E-state index contributed by atoms with van der Waals surface area (Å²) < 4.78 is 0. The third-order valence-electron chi connectivity index (χ3n) is 5.56. The lowest BCUT2D eigenvalue weighted by Gasteiger charge is -2.55. The Kier molecular flexibility index (Phi) is 3.05. The van der Waals surface area contributed by atoms with Crippen LogP contribution in [-0.2, 0) is 11.4 Å². The van der Waals surface area contributed by atoms with Gasteiger partial charge in [-0.2, -0.15) is 0 Å². The third kappa shape index (κ3) is 2.36. The van der Waals surface area contributed by atoms with E-state index in [1.807, 2.05) is 18.2 Å². The monoisotopic (exact) mass is 269 g/mol. The molecule has 0 aliphatic heterocycles. The molecule has 4 aliphatic rings. The molecule has 2 heteroatoms. The van der Waals surface area contributed by atoms with Crippen LogP contribution >= 0.6 is 0 Å². The van der Waals surface area contributed by atoms with E-state index in [-0.39, 0.29) is 0 Å². The molecule has 4 bridgehead atoms. The molecule has 0 atom stereocenters. The average Bonchev–Trinajstić information content (AvgIpc) is 2.43. The maximum absolute atomic E-state index is 5.53. The third-order valence-corrected chi connectivity index (χ3v) is 5.56. The lowest BCUT2D eigenvalue weighted by Crippen LogP contribution is -2.46. The van der Waals surface area contributed by atoms with E-state index < -0.39 is 0 Å². The predicted molar refractivity (Wildman–Crippen MR) is 80.3 cm³/mol. The molecule has 20 heavy (non-hydrogen) atoms. The summed E-state index contributed by atoms with van der Waals surface area (Å²) in [5.74, 6) is 2.92. The van der Waals surface area contributed by atoms with Crippen LogP contribution in [0.5, 0.6) is 0 Å². The fourth-order valence-electron chi connectivity index (χ4n) is 5.17. The SMILES string of the molecule is C(=N\OCc1ccccc1)/C12CC3CC(CC(C3)C1)C2. The van der Waals surface area contributed by atoms with E-state index in [2.05, 4.69) is 23.5 Å². The number of rotatable bonds is 4. The van der Waals surface area contributed by atoms with E-state index in [1.54, 1.807) is 0 Å². The Hall–Kier alpha value is -1.31. The first-order chi connectivity index (χ1) is 9.81. The van der Waals surface area contributed by atoms with E-state index >= 15 is 0 Å².